The van der Waals surface area contributed by atoms with Gasteiger partial charge in [-0.1, -0.05) is 23.7 Å². The van der Waals surface area contributed by atoms with Crippen LogP contribution in [0.4, 0.5) is 11.4 Å². The van der Waals surface area contributed by atoms with Gasteiger partial charge < -0.3 is 16.0 Å². The molecule has 0 radical (unpaired) electrons. The molecule has 0 saturated heterocycles. The lowest BCUT2D eigenvalue weighted by molar-refractivity contribution is 1.14. The molecule has 0 amide bonds. The van der Waals surface area contributed by atoms with Crippen LogP contribution < -0.4 is 16.6 Å². The normalized spacial score (nSPS) is 10.7. The highest BCUT2D eigenvalue weighted by Gasteiger charge is 2.05. The van der Waals surface area contributed by atoms with E-state index in [-0.39, 0.29) is 5.56 Å². The molecule has 0 spiro atoms. The topological polar surface area (TPSA) is 83.8 Å². The molecule has 1 heterocycles. The molecule has 21 heavy (non-hydrogen) atoms. The third-order valence-corrected chi connectivity index (χ3v) is 3.46. The van der Waals surface area contributed by atoms with E-state index in [2.05, 4.69) is 15.3 Å². The number of fused-ring (bicyclic) bond motifs is 1. The minimum Gasteiger partial charge on any atom is -0.397 e. The standard InChI is InChI=1S/C15H13ClN4O/c16-10-3-1-9(2-4-10)7-18-14-6-13-11(5-12(14)17)15(21)20-8-19-13/h1-6,8,18H,7,17H2,(H,19,20,21). The Balaban J connectivity index is 1.88. The zero-order valence-corrected chi connectivity index (χ0v) is 11.8. The van der Waals surface area contributed by atoms with Crippen molar-refractivity contribution in [3.8, 4) is 0 Å². The van der Waals surface area contributed by atoms with Crippen molar-refractivity contribution in [3.63, 3.8) is 0 Å². The van der Waals surface area contributed by atoms with E-state index in [9.17, 15) is 4.79 Å². The molecule has 3 rings (SSSR count). The highest BCUT2D eigenvalue weighted by atomic mass is 35.5. The summed E-state index contributed by atoms with van der Waals surface area (Å²) in [5.74, 6) is 0. The number of halogens is 1. The van der Waals surface area contributed by atoms with Crippen molar-refractivity contribution < 1.29 is 0 Å². The number of H-pyrrole nitrogens is 1. The monoisotopic (exact) mass is 300 g/mol. The van der Waals surface area contributed by atoms with Crippen LogP contribution in [0.15, 0.2) is 47.5 Å². The number of nitrogens with two attached hydrogens (primary N) is 1. The van der Waals surface area contributed by atoms with Crippen LogP contribution in [0.5, 0.6) is 0 Å². The van der Waals surface area contributed by atoms with Gasteiger partial charge in [-0.25, -0.2) is 4.98 Å². The first-order chi connectivity index (χ1) is 10.1. The molecule has 0 aliphatic heterocycles. The average molecular weight is 301 g/mol. The van der Waals surface area contributed by atoms with E-state index in [0.29, 0.717) is 28.2 Å². The highest BCUT2D eigenvalue weighted by molar-refractivity contribution is 6.30. The summed E-state index contributed by atoms with van der Waals surface area (Å²) < 4.78 is 0. The van der Waals surface area contributed by atoms with Crippen molar-refractivity contribution in [2.45, 2.75) is 6.54 Å². The first-order valence-corrected chi connectivity index (χ1v) is 6.76. The first kappa shape index (κ1) is 13.5. The zero-order chi connectivity index (χ0) is 14.8. The summed E-state index contributed by atoms with van der Waals surface area (Å²) in [5, 5.41) is 4.42. The van der Waals surface area contributed by atoms with Gasteiger partial charge in [0.2, 0.25) is 0 Å². The molecule has 0 saturated carbocycles. The lowest BCUT2D eigenvalue weighted by atomic mass is 10.1. The molecule has 4 N–H and O–H groups in total. The second kappa shape index (κ2) is 5.46. The number of rotatable bonds is 3. The van der Waals surface area contributed by atoms with Crippen LogP contribution in [-0.4, -0.2) is 9.97 Å². The number of hydrogen-bond donors (Lipinski definition) is 3. The van der Waals surface area contributed by atoms with Crippen molar-refractivity contribution in [2.24, 2.45) is 0 Å². The number of aromatic amines is 1. The Morgan fingerprint density at radius 1 is 1.24 bits per heavy atom. The summed E-state index contributed by atoms with van der Waals surface area (Å²) in [4.78, 5) is 18.3. The summed E-state index contributed by atoms with van der Waals surface area (Å²) in [5.41, 5.74) is 8.72. The number of aromatic nitrogens is 2. The van der Waals surface area contributed by atoms with Crippen LogP contribution in [0.25, 0.3) is 10.9 Å². The van der Waals surface area contributed by atoms with Gasteiger partial charge in [-0.3, -0.25) is 4.79 Å². The van der Waals surface area contributed by atoms with E-state index in [1.807, 2.05) is 24.3 Å². The molecular weight excluding hydrogens is 288 g/mol. The number of nitrogens with zero attached hydrogens (tertiary/aromatic N) is 1. The highest BCUT2D eigenvalue weighted by Crippen LogP contribution is 2.23. The third kappa shape index (κ3) is 2.83. The summed E-state index contributed by atoms with van der Waals surface area (Å²) in [6, 6.07) is 11.0. The fraction of sp³-hybridized carbons (Fsp3) is 0.0667. The Hall–Kier alpha value is -2.53. The lowest BCUT2D eigenvalue weighted by Gasteiger charge is -2.10. The Bertz CT molecular complexity index is 842. The van der Waals surface area contributed by atoms with E-state index in [0.717, 1.165) is 11.3 Å². The third-order valence-electron chi connectivity index (χ3n) is 3.21. The number of anilines is 2. The zero-order valence-electron chi connectivity index (χ0n) is 11.1. The van der Waals surface area contributed by atoms with Gasteiger partial charge in [-0.15, -0.1) is 0 Å². The van der Waals surface area contributed by atoms with Gasteiger partial charge in [0, 0.05) is 11.6 Å². The molecule has 5 nitrogen and oxygen atoms in total. The number of nitrogens with one attached hydrogen (secondary N) is 2. The fourth-order valence-corrected chi connectivity index (χ4v) is 2.21. The van der Waals surface area contributed by atoms with E-state index >= 15 is 0 Å². The molecule has 1 aromatic heterocycles. The van der Waals surface area contributed by atoms with E-state index in [1.54, 1.807) is 12.1 Å². The minimum absolute atomic E-state index is 0.198. The Kier molecular flexibility index (Phi) is 3.50. The summed E-state index contributed by atoms with van der Waals surface area (Å²) in [6.07, 6.45) is 1.38. The predicted octanol–water partition coefficient (Wildman–Crippen LogP) is 2.77. The van der Waals surface area contributed by atoms with Gasteiger partial charge in [-0.2, -0.15) is 0 Å². The first-order valence-electron chi connectivity index (χ1n) is 6.39. The van der Waals surface area contributed by atoms with E-state index < -0.39 is 0 Å². The van der Waals surface area contributed by atoms with Crippen LogP contribution in [0, 0.1) is 0 Å². The maximum atomic E-state index is 11.7. The lowest BCUT2D eigenvalue weighted by Crippen LogP contribution is -2.08. The fourth-order valence-electron chi connectivity index (χ4n) is 2.08. The molecular formula is C15H13ClN4O. The number of hydrogen-bond acceptors (Lipinski definition) is 4. The van der Waals surface area contributed by atoms with Crippen LogP contribution >= 0.6 is 11.6 Å². The molecule has 3 aromatic rings. The van der Waals surface area contributed by atoms with Crippen molar-refractivity contribution >= 4 is 33.9 Å². The van der Waals surface area contributed by atoms with Gasteiger partial charge in [0.05, 0.1) is 28.6 Å². The maximum Gasteiger partial charge on any atom is 0.258 e. The molecule has 0 fully saturated rings. The van der Waals surface area contributed by atoms with Gasteiger partial charge in [0.25, 0.3) is 5.56 Å². The summed E-state index contributed by atoms with van der Waals surface area (Å²) in [7, 11) is 0. The quantitative estimate of drug-likeness (QED) is 0.649. The van der Waals surface area contributed by atoms with Gasteiger partial charge >= 0.3 is 0 Å². The Morgan fingerprint density at radius 3 is 2.76 bits per heavy atom. The van der Waals surface area contributed by atoms with Gasteiger partial charge in [0.15, 0.2) is 0 Å². The van der Waals surface area contributed by atoms with E-state index in [1.165, 1.54) is 6.33 Å². The van der Waals surface area contributed by atoms with E-state index in [4.69, 9.17) is 17.3 Å². The molecule has 0 unspecified atom stereocenters. The second-order valence-corrected chi connectivity index (χ2v) is 5.10. The SMILES string of the molecule is Nc1cc2c(=O)[nH]cnc2cc1NCc1ccc(Cl)cc1. The molecule has 0 atom stereocenters. The van der Waals surface area contributed by atoms with Crippen LogP contribution in [-0.2, 0) is 6.54 Å². The molecule has 6 heteroatoms. The maximum absolute atomic E-state index is 11.7. The number of benzene rings is 2. The van der Waals surface area contributed by atoms with Crippen LogP contribution in [0.1, 0.15) is 5.56 Å². The van der Waals surface area contributed by atoms with Gasteiger partial charge in [0.1, 0.15) is 0 Å². The van der Waals surface area contributed by atoms with Crippen molar-refractivity contribution in [3.05, 3.63) is 63.7 Å². The largest absolute Gasteiger partial charge is 0.397 e. The molecule has 0 aliphatic rings. The van der Waals surface area contributed by atoms with Crippen LogP contribution in [0.2, 0.25) is 5.02 Å². The average Bonchev–Trinajstić information content (AvgIpc) is 2.48. The van der Waals surface area contributed by atoms with Gasteiger partial charge in [-0.05, 0) is 29.8 Å². The molecule has 2 aromatic carbocycles. The minimum atomic E-state index is -0.198. The van der Waals surface area contributed by atoms with Crippen LogP contribution in [0.3, 0.4) is 0 Å². The van der Waals surface area contributed by atoms with Crippen molar-refractivity contribution in [1.29, 1.82) is 0 Å². The Morgan fingerprint density at radius 2 is 2.00 bits per heavy atom. The smallest absolute Gasteiger partial charge is 0.258 e. The number of nitrogen functional groups attached to an aromatic ring is 1. The summed E-state index contributed by atoms with van der Waals surface area (Å²) >= 11 is 5.85. The van der Waals surface area contributed by atoms with Crippen molar-refractivity contribution in [1.82, 2.24) is 9.97 Å². The molecule has 106 valence electrons. The summed E-state index contributed by atoms with van der Waals surface area (Å²) in [6.45, 7) is 0.607. The molecule has 0 aliphatic carbocycles. The Labute approximate surface area is 125 Å². The predicted molar refractivity (Wildman–Crippen MR) is 85.6 cm³/mol. The van der Waals surface area contributed by atoms with Crippen molar-refractivity contribution in [2.75, 3.05) is 11.1 Å². The molecule has 0 bridgehead atoms. The second-order valence-electron chi connectivity index (χ2n) is 4.67.